The molecule has 1 fully saturated rings. The van der Waals surface area contributed by atoms with Crippen LogP contribution < -0.4 is 5.32 Å². The summed E-state index contributed by atoms with van der Waals surface area (Å²) in [6.07, 6.45) is 2.51. The topological polar surface area (TPSA) is 41.5 Å². The number of nitrogens with one attached hydrogen (secondary N) is 1. The van der Waals surface area contributed by atoms with E-state index in [9.17, 15) is 5.11 Å². The van der Waals surface area contributed by atoms with Gasteiger partial charge in [0.1, 0.15) is 0 Å². The average molecular weight is 255 g/mol. The molecule has 0 spiro atoms. The highest BCUT2D eigenvalue weighted by Crippen LogP contribution is 2.19. The summed E-state index contributed by atoms with van der Waals surface area (Å²) in [5, 5.41) is 18.0. The standard InChI is InChI=1S/C13H21NO2S/c1-11(8-12-2-7-17-9-12)14-10-13(15)3-5-16-6-4-13/h2,7,9,11,14-15H,3-6,8,10H2,1H3. The minimum Gasteiger partial charge on any atom is -0.388 e. The summed E-state index contributed by atoms with van der Waals surface area (Å²) in [5.74, 6) is 0. The van der Waals surface area contributed by atoms with Gasteiger partial charge in [0.25, 0.3) is 0 Å². The second-order valence-corrected chi connectivity index (χ2v) is 5.73. The molecule has 1 aromatic rings. The molecule has 2 N–H and O–H groups in total. The molecule has 1 atom stereocenters. The van der Waals surface area contributed by atoms with Crippen molar-refractivity contribution in [3.63, 3.8) is 0 Å². The molecule has 1 saturated heterocycles. The van der Waals surface area contributed by atoms with E-state index in [0.717, 1.165) is 19.3 Å². The van der Waals surface area contributed by atoms with Crippen molar-refractivity contribution in [2.45, 2.75) is 37.8 Å². The second kappa shape index (κ2) is 5.96. The molecule has 0 bridgehead atoms. The van der Waals surface area contributed by atoms with Crippen molar-refractivity contribution in [2.75, 3.05) is 19.8 Å². The zero-order chi connectivity index (χ0) is 12.1. The Kier molecular flexibility index (Phi) is 4.56. The summed E-state index contributed by atoms with van der Waals surface area (Å²) in [5.41, 5.74) is 0.801. The first-order chi connectivity index (χ1) is 8.18. The molecule has 2 rings (SSSR count). The maximum atomic E-state index is 10.3. The van der Waals surface area contributed by atoms with Gasteiger partial charge in [0.15, 0.2) is 0 Å². The van der Waals surface area contributed by atoms with Crippen LogP contribution in [0.4, 0.5) is 0 Å². The van der Waals surface area contributed by atoms with Crippen molar-refractivity contribution in [3.8, 4) is 0 Å². The first-order valence-electron chi connectivity index (χ1n) is 6.23. The molecular formula is C13H21NO2S. The molecular weight excluding hydrogens is 234 g/mol. The molecule has 1 aliphatic rings. The Bertz CT molecular complexity index is 320. The van der Waals surface area contributed by atoms with Gasteiger partial charge in [0.05, 0.1) is 5.60 Å². The highest BCUT2D eigenvalue weighted by atomic mass is 32.1. The molecule has 4 heteroatoms. The van der Waals surface area contributed by atoms with Crippen LogP contribution in [0.25, 0.3) is 0 Å². The van der Waals surface area contributed by atoms with Gasteiger partial charge in [-0.05, 0) is 35.7 Å². The fourth-order valence-corrected chi connectivity index (χ4v) is 2.81. The van der Waals surface area contributed by atoms with Gasteiger partial charge >= 0.3 is 0 Å². The SMILES string of the molecule is CC(Cc1ccsc1)NCC1(O)CCOCC1. The Hall–Kier alpha value is -0.420. The predicted molar refractivity (Wildman–Crippen MR) is 70.5 cm³/mol. The van der Waals surface area contributed by atoms with Gasteiger partial charge in [0.2, 0.25) is 0 Å². The van der Waals surface area contributed by atoms with Gasteiger partial charge in [-0.3, -0.25) is 0 Å². The maximum Gasteiger partial charge on any atom is 0.0815 e. The predicted octanol–water partition coefficient (Wildman–Crippen LogP) is 1.81. The smallest absolute Gasteiger partial charge is 0.0815 e. The van der Waals surface area contributed by atoms with Crippen molar-refractivity contribution in [1.82, 2.24) is 5.32 Å². The van der Waals surface area contributed by atoms with E-state index in [-0.39, 0.29) is 0 Å². The third-order valence-corrected chi connectivity index (χ3v) is 4.06. The fraction of sp³-hybridized carbons (Fsp3) is 0.692. The summed E-state index contributed by atoms with van der Waals surface area (Å²) < 4.78 is 5.27. The van der Waals surface area contributed by atoms with Gasteiger partial charge in [-0.2, -0.15) is 11.3 Å². The zero-order valence-electron chi connectivity index (χ0n) is 10.3. The van der Waals surface area contributed by atoms with Crippen LogP contribution in [0.3, 0.4) is 0 Å². The van der Waals surface area contributed by atoms with Gasteiger partial charge in [0, 0.05) is 38.6 Å². The average Bonchev–Trinajstić information content (AvgIpc) is 2.80. The van der Waals surface area contributed by atoms with Gasteiger partial charge in [-0.25, -0.2) is 0 Å². The van der Waals surface area contributed by atoms with Gasteiger partial charge in [-0.1, -0.05) is 0 Å². The molecule has 96 valence electrons. The summed E-state index contributed by atoms with van der Waals surface area (Å²) in [6, 6.07) is 2.56. The molecule has 0 radical (unpaired) electrons. The molecule has 1 aromatic heterocycles. The number of ether oxygens (including phenoxy) is 1. The molecule has 0 saturated carbocycles. The monoisotopic (exact) mass is 255 g/mol. The highest BCUT2D eigenvalue weighted by molar-refractivity contribution is 7.07. The van der Waals surface area contributed by atoms with E-state index in [1.54, 1.807) is 11.3 Å². The number of hydrogen-bond donors (Lipinski definition) is 2. The Morgan fingerprint density at radius 2 is 2.29 bits per heavy atom. The normalized spacial score (nSPS) is 21.3. The molecule has 1 aliphatic heterocycles. The van der Waals surface area contributed by atoms with Crippen LogP contribution in [0.1, 0.15) is 25.3 Å². The summed E-state index contributed by atoms with van der Waals surface area (Å²) in [4.78, 5) is 0. The van der Waals surface area contributed by atoms with Crippen LogP contribution >= 0.6 is 11.3 Å². The first kappa shape index (κ1) is 13.0. The fourth-order valence-electron chi connectivity index (χ4n) is 2.13. The third kappa shape index (κ3) is 4.07. The third-order valence-electron chi connectivity index (χ3n) is 3.33. The first-order valence-corrected chi connectivity index (χ1v) is 7.17. The van der Waals surface area contributed by atoms with E-state index in [1.165, 1.54) is 5.56 Å². The van der Waals surface area contributed by atoms with E-state index in [4.69, 9.17) is 4.74 Å². The highest BCUT2D eigenvalue weighted by Gasteiger charge is 2.29. The van der Waals surface area contributed by atoms with E-state index in [2.05, 4.69) is 29.1 Å². The van der Waals surface area contributed by atoms with Crippen LogP contribution in [0.2, 0.25) is 0 Å². The number of thiophene rings is 1. The number of hydrogen-bond acceptors (Lipinski definition) is 4. The molecule has 0 aromatic carbocycles. The molecule has 1 unspecified atom stereocenters. The lowest BCUT2D eigenvalue weighted by molar-refractivity contribution is -0.0625. The second-order valence-electron chi connectivity index (χ2n) is 4.95. The minimum absolute atomic E-state index is 0.400. The molecule has 2 heterocycles. The van der Waals surface area contributed by atoms with Crippen LogP contribution in [0, 0.1) is 0 Å². The number of rotatable bonds is 5. The summed E-state index contributed by atoms with van der Waals surface area (Å²) in [6.45, 7) is 4.19. The van der Waals surface area contributed by atoms with E-state index in [0.29, 0.717) is 25.8 Å². The van der Waals surface area contributed by atoms with Gasteiger partial charge < -0.3 is 15.2 Å². The lowest BCUT2D eigenvalue weighted by Gasteiger charge is -2.33. The van der Waals surface area contributed by atoms with Crippen molar-refractivity contribution in [2.24, 2.45) is 0 Å². The van der Waals surface area contributed by atoms with Crippen LogP contribution in [0.15, 0.2) is 16.8 Å². The van der Waals surface area contributed by atoms with Crippen molar-refractivity contribution in [1.29, 1.82) is 0 Å². The van der Waals surface area contributed by atoms with E-state index >= 15 is 0 Å². The van der Waals surface area contributed by atoms with Crippen molar-refractivity contribution >= 4 is 11.3 Å². The Labute approximate surface area is 107 Å². The zero-order valence-corrected chi connectivity index (χ0v) is 11.1. The van der Waals surface area contributed by atoms with Crippen LogP contribution in [0.5, 0.6) is 0 Å². The van der Waals surface area contributed by atoms with Crippen LogP contribution in [-0.2, 0) is 11.2 Å². The van der Waals surface area contributed by atoms with E-state index in [1.807, 2.05) is 0 Å². The van der Waals surface area contributed by atoms with E-state index < -0.39 is 5.60 Å². The van der Waals surface area contributed by atoms with Crippen LogP contribution in [-0.4, -0.2) is 36.5 Å². The Morgan fingerprint density at radius 1 is 1.53 bits per heavy atom. The Morgan fingerprint density at radius 3 is 2.94 bits per heavy atom. The number of aliphatic hydroxyl groups is 1. The Balaban J connectivity index is 1.73. The molecule has 3 nitrogen and oxygen atoms in total. The lowest BCUT2D eigenvalue weighted by atomic mass is 9.94. The molecule has 0 aliphatic carbocycles. The molecule has 17 heavy (non-hydrogen) atoms. The lowest BCUT2D eigenvalue weighted by Crippen LogP contribution is -2.47. The summed E-state index contributed by atoms with van der Waals surface area (Å²) >= 11 is 1.73. The minimum atomic E-state index is -0.568. The quantitative estimate of drug-likeness (QED) is 0.843. The summed E-state index contributed by atoms with van der Waals surface area (Å²) in [7, 11) is 0. The maximum absolute atomic E-state index is 10.3. The van der Waals surface area contributed by atoms with Crippen molar-refractivity contribution < 1.29 is 9.84 Å². The largest absolute Gasteiger partial charge is 0.388 e. The van der Waals surface area contributed by atoms with Gasteiger partial charge in [-0.15, -0.1) is 0 Å². The molecule has 0 amide bonds. The van der Waals surface area contributed by atoms with Crippen molar-refractivity contribution in [3.05, 3.63) is 22.4 Å².